The molecule has 4 atom stereocenters. The highest BCUT2D eigenvalue weighted by molar-refractivity contribution is 5.89. The van der Waals surface area contributed by atoms with Gasteiger partial charge in [0.15, 0.2) is 0 Å². The number of ether oxygens (including phenoxy) is 4. The van der Waals surface area contributed by atoms with Gasteiger partial charge in [0.05, 0.1) is 30.3 Å². The van der Waals surface area contributed by atoms with Crippen LogP contribution in [0.4, 0.5) is 5.69 Å². The van der Waals surface area contributed by atoms with Crippen molar-refractivity contribution in [1.29, 1.82) is 0 Å². The summed E-state index contributed by atoms with van der Waals surface area (Å²) < 4.78 is 25.1. The first-order valence-electron chi connectivity index (χ1n) is 13.7. The van der Waals surface area contributed by atoms with Crippen LogP contribution in [0, 0.1) is 10.1 Å². The van der Waals surface area contributed by atoms with Gasteiger partial charge in [-0.1, -0.05) is 97.1 Å². The number of nitro benzene ring substituents is 1. The summed E-state index contributed by atoms with van der Waals surface area (Å²) in [5.74, 6) is -0.627. The number of carbonyl (C=O) groups is 1. The van der Waals surface area contributed by atoms with Gasteiger partial charge < -0.3 is 18.9 Å². The molecule has 0 amide bonds. The first kappa shape index (κ1) is 28.9. The van der Waals surface area contributed by atoms with Gasteiger partial charge in [-0.3, -0.25) is 10.1 Å². The SMILES string of the molecule is O=C(O[C@H]1C=C[C@H](OCc2ccccc2)[C@@H](OCc2ccccc2)[C@@H]1OCc1ccccc1)c1ccc([N+](=O)[O-])cc1. The first-order valence-corrected chi connectivity index (χ1v) is 13.7. The molecule has 1 aliphatic carbocycles. The van der Waals surface area contributed by atoms with Crippen LogP contribution < -0.4 is 0 Å². The van der Waals surface area contributed by atoms with E-state index in [0.29, 0.717) is 13.2 Å². The van der Waals surface area contributed by atoms with Gasteiger partial charge in [-0.25, -0.2) is 4.79 Å². The molecule has 0 fully saturated rings. The van der Waals surface area contributed by atoms with E-state index in [2.05, 4.69) is 0 Å². The van der Waals surface area contributed by atoms with E-state index in [4.69, 9.17) is 18.9 Å². The van der Waals surface area contributed by atoms with Crippen LogP contribution in [-0.4, -0.2) is 35.3 Å². The number of nitro groups is 1. The largest absolute Gasteiger partial charge is 0.452 e. The van der Waals surface area contributed by atoms with Crippen molar-refractivity contribution in [2.75, 3.05) is 0 Å². The summed E-state index contributed by atoms with van der Waals surface area (Å²) in [6.45, 7) is 0.931. The van der Waals surface area contributed by atoms with Crippen LogP contribution in [0.25, 0.3) is 0 Å². The van der Waals surface area contributed by atoms with Crippen LogP contribution in [0.15, 0.2) is 127 Å². The maximum absolute atomic E-state index is 13.1. The Morgan fingerprint density at radius 3 is 1.50 bits per heavy atom. The Hall–Kier alpha value is -4.63. The van der Waals surface area contributed by atoms with E-state index in [1.807, 2.05) is 97.1 Å². The number of hydrogen-bond acceptors (Lipinski definition) is 7. The molecule has 0 spiro atoms. The molecular formula is C34H31NO7. The van der Waals surface area contributed by atoms with Gasteiger partial charge in [0.1, 0.15) is 24.4 Å². The van der Waals surface area contributed by atoms with Crippen molar-refractivity contribution < 1.29 is 28.7 Å². The monoisotopic (exact) mass is 565 g/mol. The molecule has 0 N–H and O–H groups in total. The van der Waals surface area contributed by atoms with Crippen molar-refractivity contribution in [3.8, 4) is 0 Å². The van der Waals surface area contributed by atoms with E-state index >= 15 is 0 Å². The molecule has 0 unspecified atom stereocenters. The highest BCUT2D eigenvalue weighted by atomic mass is 16.6. The highest BCUT2D eigenvalue weighted by Gasteiger charge is 2.41. The number of esters is 1. The van der Waals surface area contributed by atoms with E-state index in [-0.39, 0.29) is 17.9 Å². The van der Waals surface area contributed by atoms with E-state index in [9.17, 15) is 14.9 Å². The summed E-state index contributed by atoms with van der Waals surface area (Å²) in [6.07, 6.45) is 1.00. The second-order valence-corrected chi connectivity index (χ2v) is 9.84. The molecule has 8 nitrogen and oxygen atoms in total. The third-order valence-electron chi connectivity index (χ3n) is 6.87. The van der Waals surface area contributed by atoms with Crippen molar-refractivity contribution >= 4 is 11.7 Å². The molecule has 0 radical (unpaired) electrons. The molecule has 0 bridgehead atoms. The number of nitrogens with zero attached hydrogens (tertiary/aromatic N) is 1. The third kappa shape index (κ3) is 7.76. The zero-order valence-electron chi connectivity index (χ0n) is 22.9. The van der Waals surface area contributed by atoms with Gasteiger partial charge in [-0.2, -0.15) is 0 Å². The fraction of sp³-hybridized carbons (Fsp3) is 0.206. The topological polar surface area (TPSA) is 97.1 Å². The molecule has 0 aromatic heterocycles. The van der Waals surface area contributed by atoms with E-state index < -0.39 is 35.3 Å². The molecule has 5 rings (SSSR count). The molecule has 42 heavy (non-hydrogen) atoms. The van der Waals surface area contributed by atoms with Crippen LogP contribution in [0.5, 0.6) is 0 Å². The number of rotatable bonds is 12. The van der Waals surface area contributed by atoms with E-state index in [1.165, 1.54) is 24.3 Å². The average molecular weight is 566 g/mol. The molecule has 8 heteroatoms. The van der Waals surface area contributed by atoms with E-state index in [0.717, 1.165) is 16.7 Å². The minimum atomic E-state index is -0.797. The first-order chi connectivity index (χ1) is 20.6. The number of benzene rings is 4. The van der Waals surface area contributed by atoms with Gasteiger partial charge >= 0.3 is 5.97 Å². The molecule has 0 heterocycles. The fourth-order valence-corrected chi connectivity index (χ4v) is 4.66. The lowest BCUT2D eigenvalue weighted by Crippen LogP contribution is -2.51. The summed E-state index contributed by atoms with van der Waals surface area (Å²) in [7, 11) is 0. The van der Waals surface area contributed by atoms with Crippen molar-refractivity contribution in [1.82, 2.24) is 0 Å². The van der Waals surface area contributed by atoms with Gasteiger partial charge in [0, 0.05) is 12.1 Å². The number of non-ortho nitro benzene ring substituents is 1. The zero-order valence-corrected chi connectivity index (χ0v) is 22.9. The second-order valence-electron chi connectivity index (χ2n) is 9.84. The van der Waals surface area contributed by atoms with Crippen molar-refractivity contribution in [3.63, 3.8) is 0 Å². The van der Waals surface area contributed by atoms with Gasteiger partial charge in [0.25, 0.3) is 5.69 Å². The summed E-state index contributed by atoms with van der Waals surface area (Å²) in [5, 5.41) is 11.0. The molecule has 0 saturated heterocycles. The normalized spacial score (nSPS) is 19.7. The zero-order chi connectivity index (χ0) is 29.1. The molecule has 4 aromatic carbocycles. The minimum Gasteiger partial charge on any atom is -0.452 e. The maximum atomic E-state index is 13.1. The Morgan fingerprint density at radius 1 is 0.595 bits per heavy atom. The maximum Gasteiger partial charge on any atom is 0.338 e. The summed E-state index contributed by atoms with van der Waals surface area (Å²) in [6, 6.07) is 34.6. The Morgan fingerprint density at radius 2 is 1.02 bits per heavy atom. The number of carbonyl (C=O) groups excluding carboxylic acids is 1. The Labute approximate surface area is 244 Å². The Balaban J connectivity index is 1.40. The quantitative estimate of drug-likeness (QED) is 0.0843. The lowest BCUT2D eigenvalue weighted by Gasteiger charge is -2.38. The standard InChI is InChI=1S/C34H31NO7/c36-34(28-16-18-29(19-17-28)35(37)38)42-31-21-20-30(39-22-25-10-4-1-5-11-25)32(40-23-26-12-6-2-7-13-26)33(31)41-24-27-14-8-3-9-15-27/h1-21,30-33H,22-24H2/t30-,31-,32+,33+/m0/s1. The predicted octanol–water partition coefficient (Wildman–Crippen LogP) is 6.45. The van der Waals surface area contributed by atoms with Gasteiger partial charge in [-0.15, -0.1) is 0 Å². The van der Waals surface area contributed by atoms with Crippen LogP contribution in [0.3, 0.4) is 0 Å². The average Bonchev–Trinajstić information content (AvgIpc) is 3.04. The second kappa shape index (κ2) is 14.3. The van der Waals surface area contributed by atoms with Crippen LogP contribution in [0.1, 0.15) is 27.0 Å². The van der Waals surface area contributed by atoms with Crippen LogP contribution in [0.2, 0.25) is 0 Å². The Kier molecular flexibility index (Phi) is 9.85. The van der Waals surface area contributed by atoms with Crippen molar-refractivity contribution in [2.24, 2.45) is 0 Å². The van der Waals surface area contributed by atoms with E-state index in [1.54, 1.807) is 6.08 Å². The number of hydrogen-bond donors (Lipinski definition) is 0. The highest BCUT2D eigenvalue weighted by Crippen LogP contribution is 2.28. The Bertz CT molecular complexity index is 1460. The van der Waals surface area contributed by atoms with Crippen molar-refractivity contribution in [2.45, 2.75) is 44.2 Å². The molecule has 214 valence electrons. The van der Waals surface area contributed by atoms with Gasteiger partial charge in [-0.05, 0) is 34.9 Å². The van der Waals surface area contributed by atoms with Crippen LogP contribution in [-0.2, 0) is 38.8 Å². The minimum absolute atomic E-state index is 0.110. The van der Waals surface area contributed by atoms with Crippen molar-refractivity contribution in [3.05, 3.63) is 160 Å². The lowest BCUT2D eigenvalue weighted by atomic mass is 9.95. The molecule has 0 saturated carbocycles. The summed E-state index contributed by atoms with van der Waals surface area (Å²) >= 11 is 0. The summed E-state index contributed by atoms with van der Waals surface area (Å²) in [5.41, 5.74) is 3.04. The summed E-state index contributed by atoms with van der Waals surface area (Å²) in [4.78, 5) is 23.7. The fourth-order valence-electron chi connectivity index (χ4n) is 4.66. The molecule has 4 aromatic rings. The molecule has 1 aliphatic rings. The lowest BCUT2D eigenvalue weighted by molar-refractivity contribution is -0.384. The van der Waals surface area contributed by atoms with Gasteiger partial charge in [0.2, 0.25) is 0 Å². The smallest absolute Gasteiger partial charge is 0.338 e. The molecule has 0 aliphatic heterocycles. The molecular weight excluding hydrogens is 534 g/mol. The van der Waals surface area contributed by atoms with Crippen LogP contribution >= 0.6 is 0 Å². The third-order valence-corrected chi connectivity index (χ3v) is 6.87. The predicted molar refractivity (Wildman–Crippen MR) is 156 cm³/mol.